The van der Waals surface area contributed by atoms with Crippen LogP contribution in [0.25, 0.3) is 124 Å². The molecule has 4 heterocycles. The molecule has 0 saturated carbocycles. The second-order valence-electron chi connectivity index (χ2n) is 15.1. The van der Waals surface area contributed by atoms with Gasteiger partial charge in [0.1, 0.15) is 0 Å². The Morgan fingerprint density at radius 2 is 0.898 bits per heavy atom. The van der Waals surface area contributed by atoms with E-state index >= 15 is 0 Å². The Morgan fingerprint density at radius 3 is 1.59 bits per heavy atom. The Hall–Kier alpha value is -7.25. The Balaban J connectivity index is 1.13. The maximum atomic E-state index is 5.39. The molecule has 13 rings (SSSR count). The molecule has 274 valence electrons. The standard InChI is InChI=1S/C53H30N4S2/c1-2-14-33(15-3-1)51-54-52(34-22-25-40-38-18-8-10-20-45(38)58-47(40)28-34)56-53(55-51)42-30-35(29-41-39-19-9-11-21-46(39)59-50(41)42)57-43-26-23-31-12-4-6-16-36(31)48(43)49-37-17-7-5-13-32(37)24-27-44(49)57/h1-30H. The van der Waals surface area contributed by atoms with Gasteiger partial charge in [-0.15, -0.1) is 22.7 Å². The normalized spacial score (nSPS) is 12.1. The molecule has 59 heavy (non-hydrogen) atoms. The summed E-state index contributed by atoms with van der Waals surface area (Å²) in [6, 6.07) is 65.5. The minimum Gasteiger partial charge on any atom is -0.309 e. The van der Waals surface area contributed by atoms with Gasteiger partial charge in [-0.25, -0.2) is 15.0 Å². The average Bonchev–Trinajstić information content (AvgIpc) is 3.98. The van der Waals surface area contributed by atoms with Crippen LogP contribution in [0.15, 0.2) is 182 Å². The summed E-state index contributed by atoms with van der Waals surface area (Å²) in [5.74, 6) is 1.96. The molecule has 0 N–H and O–H groups in total. The first-order valence-electron chi connectivity index (χ1n) is 19.8. The molecular formula is C53H30N4S2. The second-order valence-corrected chi connectivity index (χ2v) is 17.3. The first-order chi connectivity index (χ1) is 29.2. The summed E-state index contributed by atoms with van der Waals surface area (Å²) in [6.07, 6.45) is 0. The van der Waals surface area contributed by atoms with Gasteiger partial charge in [0.25, 0.3) is 0 Å². The Morgan fingerprint density at radius 1 is 0.356 bits per heavy atom. The number of thiophene rings is 2. The maximum Gasteiger partial charge on any atom is 0.165 e. The van der Waals surface area contributed by atoms with E-state index in [1.807, 2.05) is 18.2 Å². The molecule has 0 aliphatic rings. The van der Waals surface area contributed by atoms with E-state index < -0.39 is 0 Å². The molecule has 0 aliphatic heterocycles. The minimum absolute atomic E-state index is 0.650. The van der Waals surface area contributed by atoms with Crippen LogP contribution in [0.3, 0.4) is 0 Å². The molecule has 4 aromatic heterocycles. The lowest BCUT2D eigenvalue weighted by atomic mass is 10.00. The van der Waals surface area contributed by atoms with Crippen LogP contribution in [0.2, 0.25) is 0 Å². The molecule has 0 radical (unpaired) electrons. The molecule has 9 aromatic carbocycles. The van der Waals surface area contributed by atoms with Gasteiger partial charge in [-0.2, -0.15) is 0 Å². The summed E-state index contributed by atoms with van der Waals surface area (Å²) >= 11 is 3.61. The number of benzene rings is 9. The van der Waals surface area contributed by atoms with Crippen LogP contribution in [0.1, 0.15) is 0 Å². The minimum atomic E-state index is 0.650. The van der Waals surface area contributed by atoms with Crippen molar-refractivity contribution in [2.75, 3.05) is 0 Å². The zero-order valence-electron chi connectivity index (χ0n) is 31.4. The van der Waals surface area contributed by atoms with Crippen molar-refractivity contribution < 1.29 is 0 Å². The highest BCUT2D eigenvalue weighted by Crippen LogP contribution is 2.45. The molecule has 6 heteroatoms. The van der Waals surface area contributed by atoms with E-state index in [-0.39, 0.29) is 0 Å². The summed E-state index contributed by atoms with van der Waals surface area (Å²) in [5, 5.41) is 12.4. The lowest BCUT2D eigenvalue weighted by Gasteiger charge is -2.13. The molecule has 0 bridgehead atoms. The molecule has 0 aliphatic carbocycles. The average molecular weight is 787 g/mol. The Kier molecular flexibility index (Phi) is 7.02. The SMILES string of the molecule is c1ccc(-c2nc(-c3ccc4c(c3)sc3ccccc34)nc(-c3cc(-n4c5ccc6ccccc6c5c5c6ccccc6ccc54)cc4c3sc3ccccc34)n2)cc1. The third kappa shape index (κ3) is 4.97. The monoisotopic (exact) mass is 786 g/mol. The Labute approximate surface area is 345 Å². The third-order valence-corrected chi connectivity index (χ3v) is 14.2. The lowest BCUT2D eigenvalue weighted by molar-refractivity contribution is 1.08. The van der Waals surface area contributed by atoms with Gasteiger partial charge in [-0.1, -0.05) is 140 Å². The second kappa shape index (κ2) is 12.6. The van der Waals surface area contributed by atoms with E-state index in [0.717, 1.165) is 38.1 Å². The summed E-state index contributed by atoms with van der Waals surface area (Å²) in [4.78, 5) is 15.9. The molecular weight excluding hydrogens is 757 g/mol. The quantitative estimate of drug-likeness (QED) is 0.178. The van der Waals surface area contributed by atoms with Crippen molar-refractivity contribution in [2.45, 2.75) is 0 Å². The first kappa shape index (κ1) is 32.8. The fourth-order valence-corrected chi connectivity index (χ4v) is 11.5. The highest BCUT2D eigenvalue weighted by molar-refractivity contribution is 7.26. The van der Waals surface area contributed by atoms with Crippen LogP contribution < -0.4 is 0 Å². The lowest BCUT2D eigenvalue weighted by Crippen LogP contribution is -2.01. The van der Waals surface area contributed by atoms with Crippen LogP contribution >= 0.6 is 22.7 Å². The van der Waals surface area contributed by atoms with E-state index in [0.29, 0.717) is 17.5 Å². The first-order valence-corrected chi connectivity index (χ1v) is 21.4. The zero-order valence-corrected chi connectivity index (χ0v) is 33.1. The molecule has 0 unspecified atom stereocenters. The number of hydrogen-bond acceptors (Lipinski definition) is 5. The van der Waals surface area contributed by atoms with Gasteiger partial charge in [-0.05, 0) is 64.0 Å². The summed E-state index contributed by atoms with van der Waals surface area (Å²) in [5.41, 5.74) is 6.30. The van der Waals surface area contributed by atoms with Crippen molar-refractivity contribution in [1.82, 2.24) is 19.5 Å². The largest absolute Gasteiger partial charge is 0.309 e. The van der Waals surface area contributed by atoms with Crippen LogP contribution in [0, 0.1) is 0 Å². The van der Waals surface area contributed by atoms with Crippen molar-refractivity contribution in [3.63, 3.8) is 0 Å². The van der Waals surface area contributed by atoms with Crippen molar-refractivity contribution in [3.8, 4) is 39.9 Å². The van der Waals surface area contributed by atoms with Crippen LogP contribution in [-0.2, 0) is 0 Å². The van der Waals surface area contributed by atoms with Crippen molar-refractivity contribution in [3.05, 3.63) is 182 Å². The van der Waals surface area contributed by atoms with E-state index in [1.54, 1.807) is 22.7 Å². The molecule has 4 nitrogen and oxygen atoms in total. The highest BCUT2D eigenvalue weighted by Gasteiger charge is 2.22. The highest BCUT2D eigenvalue weighted by atomic mass is 32.1. The summed E-state index contributed by atoms with van der Waals surface area (Å²) in [6.45, 7) is 0. The molecule has 0 spiro atoms. The van der Waals surface area contributed by atoms with E-state index in [9.17, 15) is 0 Å². The van der Waals surface area contributed by atoms with E-state index in [2.05, 4.69) is 168 Å². The molecule has 0 amide bonds. The number of rotatable bonds is 4. The number of nitrogens with zero attached hydrogens (tertiary/aromatic N) is 4. The fourth-order valence-electron chi connectivity index (χ4n) is 9.14. The van der Waals surface area contributed by atoms with Crippen molar-refractivity contribution >= 4 is 106 Å². The smallest absolute Gasteiger partial charge is 0.165 e. The van der Waals surface area contributed by atoms with Crippen molar-refractivity contribution in [2.24, 2.45) is 0 Å². The Bertz CT molecular complexity index is 3760. The van der Waals surface area contributed by atoms with Gasteiger partial charge >= 0.3 is 0 Å². The van der Waals surface area contributed by atoms with Gasteiger partial charge < -0.3 is 4.57 Å². The summed E-state index contributed by atoms with van der Waals surface area (Å²) in [7, 11) is 0. The fraction of sp³-hybridized carbons (Fsp3) is 0. The summed E-state index contributed by atoms with van der Waals surface area (Å²) < 4.78 is 7.33. The maximum absolute atomic E-state index is 5.39. The van der Waals surface area contributed by atoms with Crippen LogP contribution in [0.5, 0.6) is 0 Å². The van der Waals surface area contributed by atoms with Gasteiger partial charge in [0.2, 0.25) is 0 Å². The molecule has 0 saturated heterocycles. The van der Waals surface area contributed by atoms with Gasteiger partial charge in [0.05, 0.1) is 11.0 Å². The number of aromatic nitrogens is 4. The van der Waals surface area contributed by atoms with Crippen LogP contribution in [-0.4, -0.2) is 19.5 Å². The van der Waals surface area contributed by atoms with Gasteiger partial charge in [-0.3, -0.25) is 0 Å². The van der Waals surface area contributed by atoms with E-state index in [1.165, 1.54) is 68.0 Å². The van der Waals surface area contributed by atoms with E-state index in [4.69, 9.17) is 15.0 Å². The third-order valence-electron chi connectivity index (χ3n) is 11.8. The van der Waals surface area contributed by atoms with Gasteiger partial charge in [0, 0.05) is 73.5 Å². The van der Waals surface area contributed by atoms with Crippen LogP contribution in [0.4, 0.5) is 0 Å². The number of fused-ring (bicyclic) bond motifs is 13. The topological polar surface area (TPSA) is 43.6 Å². The predicted octanol–water partition coefficient (Wildman–Crippen LogP) is 15.0. The van der Waals surface area contributed by atoms with Crippen molar-refractivity contribution in [1.29, 1.82) is 0 Å². The number of hydrogen-bond donors (Lipinski definition) is 0. The zero-order chi connectivity index (χ0) is 38.6. The molecule has 13 aromatic rings. The molecule has 0 atom stereocenters. The van der Waals surface area contributed by atoms with Gasteiger partial charge in [0.15, 0.2) is 17.5 Å². The molecule has 0 fully saturated rings. The predicted molar refractivity (Wildman–Crippen MR) is 251 cm³/mol.